The van der Waals surface area contributed by atoms with E-state index in [0.29, 0.717) is 6.54 Å². The van der Waals surface area contributed by atoms with E-state index in [9.17, 15) is 4.79 Å². The van der Waals surface area contributed by atoms with Gasteiger partial charge in [-0.15, -0.1) is 0 Å². The molecular formula is C16H21N3O2. The lowest BCUT2D eigenvalue weighted by Gasteiger charge is -2.09. The molecule has 0 bridgehead atoms. The molecule has 0 amide bonds. The highest BCUT2D eigenvalue weighted by molar-refractivity contribution is 5.75. The normalized spacial score (nSPS) is 12.3. The SMILES string of the molecule is CCc1nc(CC)n(Cc2ccc(C(C)C(=O)O)cc2)n1. The predicted octanol–water partition coefficient (Wildman–Crippen LogP) is 2.64. The Labute approximate surface area is 124 Å². The molecule has 1 N–H and O–H groups in total. The number of hydrogen-bond acceptors (Lipinski definition) is 3. The quantitative estimate of drug-likeness (QED) is 0.887. The number of carboxylic acids is 1. The van der Waals surface area contributed by atoms with Gasteiger partial charge >= 0.3 is 5.97 Å². The highest BCUT2D eigenvalue weighted by Crippen LogP contribution is 2.16. The van der Waals surface area contributed by atoms with E-state index in [-0.39, 0.29) is 0 Å². The van der Waals surface area contributed by atoms with Gasteiger partial charge in [-0.25, -0.2) is 9.67 Å². The van der Waals surface area contributed by atoms with Crippen molar-refractivity contribution in [3.63, 3.8) is 0 Å². The van der Waals surface area contributed by atoms with Gasteiger partial charge in [-0.2, -0.15) is 5.10 Å². The van der Waals surface area contributed by atoms with Crippen molar-refractivity contribution in [3.05, 3.63) is 47.0 Å². The van der Waals surface area contributed by atoms with E-state index in [2.05, 4.69) is 17.0 Å². The van der Waals surface area contributed by atoms with E-state index in [1.807, 2.05) is 35.9 Å². The van der Waals surface area contributed by atoms with Gasteiger partial charge in [-0.1, -0.05) is 38.1 Å². The molecular weight excluding hydrogens is 266 g/mol. The number of aliphatic carboxylic acids is 1. The zero-order valence-corrected chi connectivity index (χ0v) is 12.7. The topological polar surface area (TPSA) is 68.0 Å². The minimum absolute atomic E-state index is 0.483. The van der Waals surface area contributed by atoms with Gasteiger partial charge in [0.15, 0.2) is 5.82 Å². The molecule has 0 spiro atoms. The van der Waals surface area contributed by atoms with Gasteiger partial charge in [-0.05, 0) is 18.1 Å². The van der Waals surface area contributed by atoms with Gasteiger partial charge in [0.25, 0.3) is 0 Å². The van der Waals surface area contributed by atoms with Gasteiger partial charge < -0.3 is 5.11 Å². The van der Waals surface area contributed by atoms with Crippen molar-refractivity contribution < 1.29 is 9.90 Å². The molecule has 0 saturated heterocycles. The number of nitrogens with zero attached hydrogens (tertiary/aromatic N) is 3. The first-order chi connectivity index (χ1) is 10.0. The van der Waals surface area contributed by atoms with Crippen LogP contribution in [0.5, 0.6) is 0 Å². The van der Waals surface area contributed by atoms with Crippen LogP contribution in [0.3, 0.4) is 0 Å². The lowest BCUT2D eigenvalue weighted by atomic mass is 10.0. The molecule has 112 valence electrons. The fourth-order valence-electron chi connectivity index (χ4n) is 2.19. The number of carboxylic acid groups (broad SMARTS) is 1. The number of aromatic nitrogens is 3. The number of hydrogen-bond donors (Lipinski definition) is 1. The summed E-state index contributed by atoms with van der Waals surface area (Å²) in [6.07, 6.45) is 1.68. The van der Waals surface area contributed by atoms with Gasteiger partial charge in [0.05, 0.1) is 12.5 Å². The Bertz CT molecular complexity index is 617. The molecule has 0 saturated carbocycles. The summed E-state index contributed by atoms with van der Waals surface area (Å²) in [5.74, 6) is 0.556. The largest absolute Gasteiger partial charge is 0.481 e. The summed E-state index contributed by atoms with van der Waals surface area (Å²) < 4.78 is 1.93. The summed E-state index contributed by atoms with van der Waals surface area (Å²) in [7, 11) is 0. The van der Waals surface area contributed by atoms with E-state index in [1.165, 1.54) is 0 Å². The van der Waals surface area contributed by atoms with Crippen molar-refractivity contribution >= 4 is 5.97 Å². The van der Waals surface area contributed by atoms with Gasteiger partial charge in [0.2, 0.25) is 0 Å². The maximum absolute atomic E-state index is 11.0. The molecule has 21 heavy (non-hydrogen) atoms. The van der Waals surface area contributed by atoms with Crippen LogP contribution in [0.1, 0.15) is 49.5 Å². The smallest absolute Gasteiger partial charge is 0.310 e. The lowest BCUT2D eigenvalue weighted by molar-refractivity contribution is -0.138. The van der Waals surface area contributed by atoms with E-state index < -0.39 is 11.9 Å². The van der Waals surface area contributed by atoms with Crippen molar-refractivity contribution in [1.29, 1.82) is 0 Å². The second kappa shape index (κ2) is 6.52. The van der Waals surface area contributed by atoms with E-state index in [0.717, 1.165) is 35.6 Å². The van der Waals surface area contributed by atoms with Crippen molar-refractivity contribution in [1.82, 2.24) is 14.8 Å². The Hall–Kier alpha value is -2.17. The second-order valence-corrected chi connectivity index (χ2v) is 5.11. The van der Waals surface area contributed by atoms with Gasteiger partial charge in [0, 0.05) is 12.8 Å². The van der Waals surface area contributed by atoms with Crippen LogP contribution >= 0.6 is 0 Å². The maximum Gasteiger partial charge on any atom is 0.310 e. The first kappa shape index (κ1) is 15.2. The van der Waals surface area contributed by atoms with E-state index in [1.54, 1.807) is 6.92 Å². The number of benzene rings is 1. The average molecular weight is 287 g/mol. The Kier molecular flexibility index (Phi) is 4.73. The van der Waals surface area contributed by atoms with Crippen LogP contribution in [-0.4, -0.2) is 25.8 Å². The molecule has 1 aromatic heterocycles. The molecule has 0 aliphatic heterocycles. The molecule has 0 fully saturated rings. The maximum atomic E-state index is 11.0. The molecule has 0 aliphatic rings. The Morgan fingerprint density at radius 1 is 1.24 bits per heavy atom. The minimum atomic E-state index is -0.806. The monoisotopic (exact) mass is 287 g/mol. The predicted molar refractivity (Wildman–Crippen MR) is 80.4 cm³/mol. The molecule has 0 radical (unpaired) electrons. The summed E-state index contributed by atoms with van der Waals surface area (Å²) in [6, 6.07) is 7.66. The first-order valence-electron chi connectivity index (χ1n) is 7.29. The Morgan fingerprint density at radius 2 is 1.90 bits per heavy atom. The van der Waals surface area contributed by atoms with Crippen LogP contribution in [0, 0.1) is 0 Å². The molecule has 0 aliphatic carbocycles. The van der Waals surface area contributed by atoms with Crippen molar-refractivity contribution in [2.24, 2.45) is 0 Å². The zero-order chi connectivity index (χ0) is 15.4. The number of rotatable bonds is 6. The molecule has 5 nitrogen and oxygen atoms in total. The standard InChI is InChI=1S/C16H21N3O2/c1-4-14-17-15(5-2)19(18-14)10-12-6-8-13(9-7-12)11(3)16(20)21/h6-9,11H,4-5,10H2,1-3H3,(H,20,21). The van der Waals surface area contributed by atoms with Crippen molar-refractivity contribution in [3.8, 4) is 0 Å². The van der Waals surface area contributed by atoms with E-state index >= 15 is 0 Å². The van der Waals surface area contributed by atoms with Crippen LogP contribution in [0.2, 0.25) is 0 Å². The fraction of sp³-hybridized carbons (Fsp3) is 0.438. The molecule has 1 aromatic carbocycles. The summed E-state index contributed by atoms with van der Waals surface area (Å²) in [5, 5.41) is 13.5. The molecule has 2 rings (SSSR count). The zero-order valence-electron chi connectivity index (χ0n) is 12.7. The van der Waals surface area contributed by atoms with Gasteiger partial charge in [-0.3, -0.25) is 4.79 Å². The van der Waals surface area contributed by atoms with Crippen LogP contribution in [0.15, 0.2) is 24.3 Å². The first-order valence-corrected chi connectivity index (χ1v) is 7.29. The van der Waals surface area contributed by atoms with Crippen molar-refractivity contribution in [2.75, 3.05) is 0 Å². The Morgan fingerprint density at radius 3 is 2.43 bits per heavy atom. The summed E-state index contributed by atoms with van der Waals surface area (Å²) in [5.41, 5.74) is 1.91. The molecule has 5 heteroatoms. The third kappa shape index (κ3) is 3.48. The van der Waals surface area contributed by atoms with Crippen LogP contribution in [0.4, 0.5) is 0 Å². The highest BCUT2D eigenvalue weighted by atomic mass is 16.4. The lowest BCUT2D eigenvalue weighted by Crippen LogP contribution is -2.09. The molecule has 1 heterocycles. The third-order valence-electron chi connectivity index (χ3n) is 3.61. The average Bonchev–Trinajstić information content (AvgIpc) is 2.89. The summed E-state index contributed by atoms with van der Waals surface area (Å²) in [4.78, 5) is 15.5. The van der Waals surface area contributed by atoms with E-state index in [4.69, 9.17) is 5.11 Å². The summed E-state index contributed by atoms with van der Waals surface area (Å²) >= 11 is 0. The van der Waals surface area contributed by atoms with Crippen LogP contribution < -0.4 is 0 Å². The second-order valence-electron chi connectivity index (χ2n) is 5.11. The fourth-order valence-corrected chi connectivity index (χ4v) is 2.19. The molecule has 1 unspecified atom stereocenters. The molecule has 1 atom stereocenters. The van der Waals surface area contributed by atoms with Gasteiger partial charge in [0.1, 0.15) is 5.82 Å². The number of aryl methyl sites for hydroxylation is 2. The Balaban J connectivity index is 2.17. The van der Waals surface area contributed by atoms with Crippen LogP contribution in [0.25, 0.3) is 0 Å². The van der Waals surface area contributed by atoms with Crippen molar-refractivity contribution in [2.45, 2.75) is 46.1 Å². The highest BCUT2D eigenvalue weighted by Gasteiger charge is 2.13. The van der Waals surface area contributed by atoms with Crippen LogP contribution in [-0.2, 0) is 24.2 Å². The third-order valence-corrected chi connectivity index (χ3v) is 3.61. The molecule has 2 aromatic rings. The summed E-state index contributed by atoms with van der Waals surface area (Å²) in [6.45, 7) is 6.47. The minimum Gasteiger partial charge on any atom is -0.481 e. The number of carbonyl (C=O) groups is 1.